The van der Waals surface area contributed by atoms with E-state index in [2.05, 4.69) is 0 Å². The highest BCUT2D eigenvalue weighted by molar-refractivity contribution is 5.91. The number of esters is 2. The topological polar surface area (TPSA) is 61.8 Å². The van der Waals surface area contributed by atoms with Gasteiger partial charge in [0.25, 0.3) is 0 Å². The van der Waals surface area contributed by atoms with E-state index in [0.717, 1.165) is 5.56 Å². The molecular formula is C16H20O5. The lowest BCUT2D eigenvalue weighted by Crippen LogP contribution is -2.15. The second-order valence-electron chi connectivity index (χ2n) is 4.17. The van der Waals surface area contributed by atoms with Crippen LogP contribution in [0.4, 0.5) is 0 Å². The van der Waals surface area contributed by atoms with Gasteiger partial charge in [0.1, 0.15) is 5.75 Å². The van der Waals surface area contributed by atoms with Gasteiger partial charge in [-0.1, -0.05) is 18.2 Å². The van der Waals surface area contributed by atoms with Crippen molar-refractivity contribution in [3.8, 4) is 5.75 Å². The van der Waals surface area contributed by atoms with Crippen LogP contribution in [-0.2, 0) is 19.1 Å². The molecule has 0 heterocycles. The van der Waals surface area contributed by atoms with Crippen LogP contribution in [0.5, 0.6) is 5.75 Å². The molecule has 114 valence electrons. The molecule has 0 amide bonds. The first-order valence-corrected chi connectivity index (χ1v) is 6.81. The summed E-state index contributed by atoms with van der Waals surface area (Å²) in [4.78, 5) is 22.8. The fraction of sp³-hybridized carbons (Fsp3) is 0.375. The zero-order chi connectivity index (χ0) is 15.7. The van der Waals surface area contributed by atoms with Gasteiger partial charge in [-0.05, 0) is 32.4 Å². The van der Waals surface area contributed by atoms with E-state index in [4.69, 9.17) is 14.2 Å². The van der Waals surface area contributed by atoms with E-state index < -0.39 is 11.9 Å². The summed E-state index contributed by atoms with van der Waals surface area (Å²) >= 11 is 0. The van der Waals surface area contributed by atoms with E-state index in [-0.39, 0.29) is 6.61 Å². The molecule has 1 aromatic carbocycles. The lowest BCUT2D eigenvalue weighted by Gasteiger charge is -2.11. The normalized spacial score (nSPS) is 10.9. The van der Waals surface area contributed by atoms with Crippen LogP contribution in [0.3, 0.4) is 0 Å². The van der Waals surface area contributed by atoms with Crippen molar-refractivity contribution >= 4 is 17.5 Å². The Morgan fingerprint density at radius 1 is 1.10 bits per heavy atom. The van der Waals surface area contributed by atoms with Crippen molar-refractivity contribution in [3.63, 3.8) is 0 Å². The largest absolute Gasteiger partial charge is 0.481 e. The third-order valence-electron chi connectivity index (χ3n) is 2.58. The summed E-state index contributed by atoms with van der Waals surface area (Å²) in [6, 6.07) is 7.17. The number of para-hydroxylation sites is 1. The Hall–Kier alpha value is -2.30. The fourth-order valence-corrected chi connectivity index (χ4v) is 1.70. The Balaban J connectivity index is 2.83. The standard InChI is InChI=1S/C16H20O5/c1-4-19-15(17)10-12(3)13-8-6-7-9-14(13)21-11-16(18)20-5-2/h6-10H,4-5,11H2,1-3H3/b12-10+. The van der Waals surface area contributed by atoms with Gasteiger partial charge >= 0.3 is 11.9 Å². The summed E-state index contributed by atoms with van der Waals surface area (Å²) in [5.74, 6) is -0.321. The van der Waals surface area contributed by atoms with E-state index in [9.17, 15) is 9.59 Å². The predicted molar refractivity (Wildman–Crippen MR) is 78.9 cm³/mol. The lowest BCUT2D eigenvalue weighted by molar-refractivity contribution is -0.145. The fourth-order valence-electron chi connectivity index (χ4n) is 1.70. The van der Waals surface area contributed by atoms with E-state index >= 15 is 0 Å². The number of ether oxygens (including phenoxy) is 3. The third kappa shape index (κ3) is 5.69. The molecule has 0 N–H and O–H groups in total. The van der Waals surface area contributed by atoms with E-state index in [1.54, 1.807) is 32.9 Å². The quantitative estimate of drug-likeness (QED) is 0.571. The molecule has 1 rings (SSSR count). The van der Waals surface area contributed by atoms with Crippen molar-refractivity contribution in [2.75, 3.05) is 19.8 Å². The molecule has 0 aromatic heterocycles. The Labute approximate surface area is 124 Å². The monoisotopic (exact) mass is 292 g/mol. The average molecular weight is 292 g/mol. The number of rotatable bonds is 7. The minimum Gasteiger partial charge on any atom is -0.481 e. The Morgan fingerprint density at radius 2 is 1.76 bits per heavy atom. The number of hydrogen-bond acceptors (Lipinski definition) is 5. The molecule has 0 atom stereocenters. The lowest BCUT2D eigenvalue weighted by atomic mass is 10.1. The number of carbonyl (C=O) groups excluding carboxylic acids is 2. The maximum absolute atomic E-state index is 11.5. The number of allylic oxidation sites excluding steroid dienone is 1. The van der Waals surface area contributed by atoms with Crippen LogP contribution < -0.4 is 4.74 Å². The van der Waals surface area contributed by atoms with Crippen LogP contribution in [0.15, 0.2) is 30.3 Å². The summed E-state index contributed by atoms with van der Waals surface area (Å²) in [6.07, 6.45) is 1.40. The van der Waals surface area contributed by atoms with Gasteiger partial charge < -0.3 is 14.2 Å². The minimum absolute atomic E-state index is 0.169. The SMILES string of the molecule is CCOC(=O)/C=C(\C)c1ccccc1OCC(=O)OCC. The summed E-state index contributed by atoms with van der Waals surface area (Å²) in [6.45, 7) is 5.73. The maximum Gasteiger partial charge on any atom is 0.344 e. The van der Waals surface area contributed by atoms with Crippen molar-refractivity contribution in [1.29, 1.82) is 0 Å². The summed E-state index contributed by atoms with van der Waals surface area (Å²) in [5, 5.41) is 0. The molecule has 0 spiro atoms. The van der Waals surface area contributed by atoms with Crippen LogP contribution in [0, 0.1) is 0 Å². The smallest absolute Gasteiger partial charge is 0.344 e. The van der Waals surface area contributed by atoms with Crippen molar-refractivity contribution in [2.45, 2.75) is 20.8 Å². The highest BCUT2D eigenvalue weighted by atomic mass is 16.6. The van der Waals surface area contributed by atoms with Crippen molar-refractivity contribution in [1.82, 2.24) is 0 Å². The Bertz CT molecular complexity index is 519. The highest BCUT2D eigenvalue weighted by Gasteiger charge is 2.09. The van der Waals surface area contributed by atoms with Crippen LogP contribution in [0.25, 0.3) is 5.57 Å². The van der Waals surface area contributed by atoms with Gasteiger partial charge in [-0.3, -0.25) is 0 Å². The molecule has 0 unspecified atom stereocenters. The second-order valence-corrected chi connectivity index (χ2v) is 4.17. The maximum atomic E-state index is 11.5. The van der Waals surface area contributed by atoms with Gasteiger partial charge in [0.15, 0.2) is 6.61 Å². The molecule has 5 nitrogen and oxygen atoms in total. The molecule has 21 heavy (non-hydrogen) atoms. The Kier molecular flexibility index (Phi) is 7.01. The summed E-state index contributed by atoms with van der Waals surface area (Å²) in [7, 11) is 0. The molecule has 0 saturated carbocycles. The van der Waals surface area contributed by atoms with Crippen molar-refractivity contribution in [2.24, 2.45) is 0 Å². The van der Waals surface area contributed by atoms with Gasteiger partial charge in [0.05, 0.1) is 13.2 Å². The molecule has 0 saturated heterocycles. The van der Waals surface area contributed by atoms with E-state index in [0.29, 0.717) is 24.5 Å². The number of carbonyl (C=O) groups is 2. The van der Waals surface area contributed by atoms with Crippen molar-refractivity contribution < 1.29 is 23.8 Å². The Morgan fingerprint density at radius 3 is 2.43 bits per heavy atom. The second kappa shape index (κ2) is 8.79. The average Bonchev–Trinajstić information content (AvgIpc) is 2.46. The van der Waals surface area contributed by atoms with E-state index in [1.807, 2.05) is 12.1 Å². The van der Waals surface area contributed by atoms with E-state index in [1.165, 1.54) is 6.08 Å². The third-order valence-corrected chi connectivity index (χ3v) is 2.58. The summed E-state index contributed by atoms with van der Waals surface area (Å²) < 4.78 is 15.1. The first-order chi connectivity index (χ1) is 10.1. The van der Waals surface area contributed by atoms with Crippen LogP contribution in [0.1, 0.15) is 26.3 Å². The predicted octanol–water partition coefficient (Wildman–Crippen LogP) is 2.59. The minimum atomic E-state index is -0.431. The van der Waals surface area contributed by atoms with Gasteiger partial charge in [-0.2, -0.15) is 0 Å². The highest BCUT2D eigenvalue weighted by Crippen LogP contribution is 2.25. The van der Waals surface area contributed by atoms with Crippen LogP contribution in [0.2, 0.25) is 0 Å². The first kappa shape index (κ1) is 16.8. The molecule has 0 aliphatic carbocycles. The van der Waals surface area contributed by atoms with Crippen LogP contribution >= 0.6 is 0 Å². The molecular weight excluding hydrogens is 272 g/mol. The van der Waals surface area contributed by atoms with Gasteiger partial charge in [0, 0.05) is 11.6 Å². The van der Waals surface area contributed by atoms with Crippen molar-refractivity contribution in [3.05, 3.63) is 35.9 Å². The molecule has 1 aromatic rings. The molecule has 0 radical (unpaired) electrons. The zero-order valence-electron chi connectivity index (χ0n) is 12.5. The van der Waals surface area contributed by atoms with Gasteiger partial charge in [0.2, 0.25) is 0 Å². The first-order valence-electron chi connectivity index (χ1n) is 6.81. The molecule has 0 aliphatic rings. The zero-order valence-corrected chi connectivity index (χ0v) is 12.5. The number of benzene rings is 1. The molecule has 0 fully saturated rings. The molecule has 0 aliphatic heterocycles. The van der Waals surface area contributed by atoms with Gasteiger partial charge in [-0.25, -0.2) is 9.59 Å². The summed E-state index contributed by atoms with van der Waals surface area (Å²) in [5.41, 5.74) is 1.43. The molecule has 5 heteroatoms. The van der Waals surface area contributed by atoms with Crippen LogP contribution in [-0.4, -0.2) is 31.8 Å². The number of hydrogen-bond donors (Lipinski definition) is 0. The van der Waals surface area contributed by atoms with Gasteiger partial charge in [-0.15, -0.1) is 0 Å². The molecule has 0 bridgehead atoms.